The van der Waals surface area contributed by atoms with Gasteiger partial charge in [-0.25, -0.2) is 13.1 Å². The number of nitrogens with one attached hydrogen (secondary N) is 3. The zero-order valence-electron chi connectivity index (χ0n) is 17.1. The van der Waals surface area contributed by atoms with Gasteiger partial charge in [-0.05, 0) is 55.3 Å². The summed E-state index contributed by atoms with van der Waals surface area (Å²) in [5.74, 6) is -0.554. The molecule has 2 aromatic carbocycles. The summed E-state index contributed by atoms with van der Waals surface area (Å²) in [6, 6.07) is 11.7. The molecular formula is C21H27N3O4S. The SMILES string of the molecule is Cc1ccc(C)c(S(=O)(=O)NCCNC(=O)c2ccc(NC(=O)C(C)C)cc2)c1. The van der Waals surface area contributed by atoms with Crippen molar-refractivity contribution in [2.45, 2.75) is 32.6 Å². The average molecular weight is 418 g/mol. The van der Waals surface area contributed by atoms with E-state index in [9.17, 15) is 18.0 Å². The van der Waals surface area contributed by atoms with Crippen LogP contribution in [0.3, 0.4) is 0 Å². The number of benzene rings is 2. The standard InChI is InChI=1S/C21H27N3O4S/c1-14(2)20(25)24-18-9-7-17(8-10-18)21(26)22-11-12-23-29(27,28)19-13-15(3)5-6-16(19)4/h5-10,13-14,23H,11-12H2,1-4H3,(H,22,26)(H,24,25). The Labute approximate surface area is 172 Å². The van der Waals surface area contributed by atoms with Crippen LogP contribution in [0.15, 0.2) is 47.4 Å². The van der Waals surface area contributed by atoms with Gasteiger partial charge in [0.1, 0.15) is 0 Å². The lowest BCUT2D eigenvalue weighted by molar-refractivity contribution is -0.118. The van der Waals surface area contributed by atoms with Gasteiger partial charge in [-0.3, -0.25) is 9.59 Å². The van der Waals surface area contributed by atoms with Gasteiger partial charge < -0.3 is 10.6 Å². The third-order valence-corrected chi connectivity index (χ3v) is 5.88. The smallest absolute Gasteiger partial charge is 0.251 e. The number of amides is 2. The summed E-state index contributed by atoms with van der Waals surface area (Å²) in [4.78, 5) is 24.1. The summed E-state index contributed by atoms with van der Waals surface area (Å²) >= 11 is 0. The van der Waals surface area contributed by atoms with E-state index in [4.69, 9.17) is 0 Å². The van der Waals surface area contributed by atoms with Crippen molar-refractivity contribution in [3.8, 4) is 0 Å². The van der Waals surface area contributed by atoms with Gasteiger partial charge in [0.25, 0.3) is 5.91 Å². The van der Waals surface area contributed by atoms with Crippen LogP contribution in [0.2, 0.25) is 0 Å². The first-order valence-corrected chi connectivity index (χ1v) is 10.8. The quantitative estimate of drug-likeness (QED) is 0.574. The minimum absolute atomic E-state index is 0.0734. The Morgan fingerprint density at radius 1 is 0.966 bits per heavy atom. The maximum absolute atomic E-state index is 12.4. The summed E-state index contributed by atoms with van der Waals surface area (Å²) in [5, 5.41) is 5.43. The summed E-state index contributed by atoms with van der Waals surface area (Å²) < 4.78 is 27.4. The molecule has 2 rings (SSSR count). The molecule has 29 heavy (non-hydrogen) atoms. The molecule has 156 valence electrons. The maximum Gasteiger partial charge on any atom is 0.251 e. The predicted octanol–water partition coefficient (Wildman–Crippen LogP) is 2.61. The third kappa shape index (κ3) is 6.40. The van der Waals surface area contributed by atoms with Crippen LogP contribution in [0.5, 0.6) is 0 Å². The van der Waals surface area contributed by atoms with Crippen LogP contribution in [-0.4, -0.2) is 33.3 Å². The molecule has 0 aromatic heterocycles. The minimum Gasteiger partial charge on any atom is -0.351 e. The third-order valence-electron chi connectivity index (χ3n) is 4.27. The lowest BCUT2D eigenvalue weighted by Crippen LogP contribution is -2.35. The van der Waals surface area contributed by atoms with Crippen LogP contribution in [0.1, 0.15) is 35.3 Å². The molecule has 0 fully saturated rings. The molecule has 0 saturated heterocycles. The first-order valence-electron chi connectivity index (χ1n) is 9.36. The van der Waals surface area contributed by atoms with Crippen LogP contribution < -0.4 is 15.4 Å². The number of carbonyl (C=O) groups excluding carboxylic acids is 2. The molecule has 2 aromatic rings. The summed E-state index contributed by atoms with van der Waals surface area (Å²) in [6.07, 6.45) is 0. The first kappa shape index (κ1) is 22.6. The molecule has 3 N–H and O–H groups in total. The zero-order valence-corrected chi connectivity index (χ0v) is 17.9. The molecule has 0 unspecified atom stereocenters. The van der Waals surface area contributed by atoms with Crippen molar-refractivity contribution in [2.24, 2.45) is 5.92 Å². The second-order valence-corrected chi connectivity index (χ2v) is 8.88. The number of hydrogen-bond donors (Lipinski definition) is 3. The zero-order chi connectivity index (χ0) is 21.6. The van der Waals surface area contributed by atoms with Gasteiger partial charge in [0.15, 0.2) is 0 Å². The Bertz CT molecular complexity index is 983. The first-order chi connectivity index (χ1) is 13.6. The van der Waals surface area contributed by atoms with Crippen LogP contribution in [-0.2, 0) is 14.8 Å². The molecule has 7 nitrogen and oxygen atoms in total. The fraction of sp³-hybridized carbons (Fsp3) is 0.333. The van der Waals surface area contributed by atoms with Crippen molar-refractivity contribution in [1.29, 1.82) is 0 Å². The number of aryl methyl sites for hydroxylation is 2. The highest BCUT2D eigenvalue weighted by Gasteiger charge is 2.16. The van der Waals surface area contributed by atoms with Gasteiger partial charge in [0, 0.05) is 30.3 Å². The van der Waals surface area contributed by atoms with Gasteiger partial charge in [-0.2, -0.15) is 0 Å². The molecule has 0 aliphatic carbocycles. The highest BCUT2D eigenvalue weighted by molar-refractivity contribution is 7.89. The van der Waals surface area contributed by atoms with Crippen molar-refractivity contribution in [1.82, 2.24) is 10.0 Å². The Kier molecular flexibility index (Phi) is 7.53. The minimum atomic E-state index is -3.64. The normalized spacial score (nSPS) is 11.3. The topological polar surface area (TPSA) is 104 Å². The van der Waals surface area contributed by atoms with Gasteiger partial charge in [-0.15, -0.1) is 0 Å². The van der Waals surface area contributed by atoms with Crippen LogP contribution in [0.4, 0.5) is 5.69 Å². The van der Waals surface area contributed by atoms with Crippen molar-refractivity contribution in [3.05, 3.63) is 59.2 Å². The van der Waals surface area contributed by atoms with Gasteiger partial charge in [-0.1, -0.05) is 26.0 Å². The molecule has 0 aliphatic heterocycles. The van der Waals surface area contributed by atoms with E-state index in [0.717, 1.165) is 5.56 Å². The van der Waals surface area contributed by atoms with E-state index < -0.39 is 10.0 Å². The Balaban J connectivity index is 1.86. The van der Waals surface area contributed by atoms with Crippen LogP contribution in [0, 0.1) is 19.8 Å². The second kappa shape index (κ2) is 9.67. The lowest BCUT2D eigenvalue weighted by Gasteiger charge is -2.11. The molecule has 0 saturated carbocycles. The average Bonchev–Trinajstić information content (AvgIpc) is 2.67. The Morgan fingerprint density at radius 2 is 1.62 bits per heavy atom. The monoisotopic (exact) mass is 417 g/mol. The predicted molar refractivity (Wildman–Crippen MR) is 113 cm³/mol. The number of sulfonamides is 1. The molecule has 0 heterocycles. The number of carbonyl (C=O) groups is 2. The largest absolute Gasteiger partial charge is 0.351 e. The Hall–Kier alpha value is -2.71. The van der Waals surface area contributed by atoms with Crippen molar-refractivity contribution >= 4 is 27.5 Å². The molecule has 8 heteroatoms. The van der Waals surface area contributed by atoms with E-state index in [1.807, 2.05) is 13.0 Å². The summed E-state index contributed by atoms with van der Waals surface area (Å²) in [5.41, 5.74) is 2.56. The highest BCUT2D eigenvalue weighted by atomic mass is 32.2. The fourth-order valence-corrected chi connectivity index (χ4v) is 3.89. The molecule has 0 aliphatic rings. The molecule has 0 bridgehead atoms. The number of rotatable bonds is 8. The number of hydrogen-bond acceptors (Lipinski definition) is 4. The molecular weight excluding hydrogens is 390 g/mol. The van der Waals surface area contributed by atoms with Crippen molar-refractivity contribution < 1.29 is 18.0 Å². The summed E-state index contributed by atoms with van der Waals surface area (Å²) in [6.45, 7) is 7.39. The van der Waals surface area contributed by atoms with Gasteiger partial charge in [0.2, 0.25) is 15.9 Å². The molecule has 0 atom stereocenters. The van der Waals surface area contributed by atoms with Crippen molar-refractivity contribution in [3.63, 3.8) is 0 Å². The van der Waals surface area contributed by atoms with E-state index in [0.29, 0.717) is 16.8 Å². The van der Waals surface area contributed by atoms with Crippen LogP contribution >= 0.6 is 0 Å². The lowest BCUT2D eigenvalue weighted by atomic mass is 10.1. The van der Waals surface area contributed by atoms with Crippen molar-refractivity contribution in [2.75, 3.05) is 18.4 Å². The molecule has 0 spiro atoms. The molecule has 2 amide bonds. The highest BCUT2D eigenvalue weighted by Crippen LogP contribution is 2.16. The second-order valence-electron chi connectivity index (χ2n) is 7.14. The Morgan fingerprint density at radius 3 is 2.24 bits per heavy atom. The summed E-state index contributed by atoms with van der Waals surface area (Å²) in [7, 11) is -3.64. The van der Waals surface area contributed by atoms with E-state index in [-0.39, 0.29) is 35.7 Å². The van der Waals surface area contributed by atoms with E-state index in [1.165, 1.54) is 0 Å². The van der Waals surface area contributed by atoms with E-state index in [2.05, 4.69) is 15.4 Å². The molecule has 0 radical (unpaired) electrons. The van der Waals surface area contributed by atoms with Gasteiger partial charge in [0.05, 0.1) is 4.90 Å². The fourth-order valence-electron chi connectivity index (χ4n) is 2.53. The van der Waals surface area contributed by atoms with E-state index >= 15 is 0 Å². The maximum atomic E-state index is 12.4. The van der Waals surface area contributed by atoms with Crippen LogP contribution in [0.25, 0.3) is 0 Å². The van der Waals surface area contributed by atoms with E-state index in [1.54, 1.807) is 57.2 Å². The van der Waals surface area contributed by atoms with Gasteiger partial charge >= 0.3 is 0 Å². The number of anilines is 1.